The Balaban J connectivity index is 3.17. The summed E-state index contributed by atoms with van der Waals surface area (Å²) < 4.78 is 4.24. The second-order valence-electron chi connectivity index (χ2n) is 1.60. The number of carbonyl (C=O) groups excluding carboxylic acids is 1. The van der Waals surface area contributed by atoms with Crippen LogP contribution in [0.15, 0.2) is 0 Å². The van der Waals surface area contributed by atoms with Gasteiger partial charge in [-0.1, -0.05) is 0 Å². The van der Waals surface area contributed by atoms with E-state index in [1.165, 1.54) is 7.11 Å². The third kappa shape index (κ3) is 5.32. The molecule has 0 rings (SSSR count). The Labute approximate surface area is 53.6 Å². The van der Waals surface area contributed by atoms with Crippen LogP contribution in [0.5, 0.6) is 0 Å². The maximum absolute atomic E-state index is 10.3. The van der Waals surface area contributed by atoms with Crippen molar-refractivity contribution in [1.29, 1.82) is 0 Å². The molecule has 0 fully saturated rings. The van der Waals surface area contributed by atoms with Crippen LogP contribution >= 0.6 is 0 Å². The van der Waals surface area contributed by atoms with Gasteiger partial charge in [-0.05, 0) is 6.32 Å². The molecule has 0 unspecified atom stereocenters. The van der Waals surface area contributed by atoms with Crippen molar-refractivity contribution in [2.75, 3.05) is 7.11 Å². The lowest BCUT2D eigenvalue weighted by Crippen LogP contribution is -2.13. The number of methoxy groups -OCH3 is 1. The van der Waals surface area contributed by atoms with Gasteiger partial charge < -0.3 is 14.8 Å². The van der Waals surface area contributed by atoms with Gasteiger partial charge in [-0.3, -0.25) is 4.79 Å². The summed E-state index contributed by atoms with van der Waals surface area (Å²) in [7, 11) is -0.157. The van der Waals surface area contributed by atoms with Crippen LogP contribution in [0, 0.1) is 0 Å². The number of carbonyl (C=O) groups is 1. The summed E-state index contributed by atoms with van der Waals surface area (Å²) in [5, 5.41) is 16.5. The highest BCUT2D eigenvalue weighted by molar-refractivity contribution is 6.41. The van der Waals surface area contributed by atoms with Gasteiger partial charge >= 0.3 is 13.1 Å². The van der Waals surface area contributed by atoms with E-state index in [1.54, 1.807) is 0 Å². The summed E-state index contributed by atoms with van der Waals surface area (Å²) in [4.78, 5) is 10.3. The fourth-order valence-electron chi connectivity index (χ4n) is 0.349. The molecule has 0 aromatic heterocycles. The Kier molecular flexibility index (Phi) is 4.08. The highest BCUT2D eigenvalue weighted by atomic mass is 16.5. The van der Waals surface area contributed by atoms with Crippen LogP contribution in [0.25, 0.3) is 0 Å². The molecule has 2 N–H and O–H groups in total. The number of ether oxygens (including phenoxy) is 1. The molecule has 52 valence electrons. The van der Waals surface area contributed by atoms with E-state index in [9.17, 15) is 4.79 Å². The minimum absolute atomic E-state index is 0.0344. The second kappa shape index (κ2) is 4.35. The average molecular weight is 132 g/mol. The van der Waals surface area contributed by atoms with Gasteiger partial charge in [0.1, 0.15) is 0 Å². The minimum atomic E-state index is -1.41. The van der Waals surface area contributed by atoms with Gasteiger partial charge in [-0.25, -0.2) is 0 Å². The molecule has 0 atom stereocenters. The van der Waals surface area contributed by atoms with E-state index in [0.29, 0.717) is 0 Å². The fourth-order valence-corrected chi connectivity index (χ4v) is 0.349. The van der Waals surface area contributed by atoms with E-state index in [1.807, 2.05) is 0 Å². The summed E-state index contributed by atoms with van der Waals surface area (Å²) in [6.45, 7) is 0. The molecule has 0 aliphatic carbocycles. The second-order valence-corrected chi connectivity index (χ2v) is 1.60. The van der Waals surface area contributed by atoms with Gasteiger partial charge in [-0.15, -0.1) is 0 Å². The highest BCUT2D eigenvalue weighted by Gasteiger charge is 2.09. The van der Waals surface area contributed by atoms with Crippen LogP contribution < -0.4 is 0 Å². The zero-order valence-corrected chi connectivity index (χ0v) is 5.20. The van der Waals surface area contributed by atoms with Crippen molar-refractivity contribution in [2.24, 2.45) is 0 Å². The van der Waals surface area contributed by atoms with Crippen LogP contribution in [-0.2, 0) is 9.53 Å². The fraction of sp³-hybridized carbons (Fsp3) is 0.750. The predicted octanol–water partition coefficient (Wildman–Crippen LogP) is -0.978. The van der Waals surface area contributed by atoms with Gasteiger partial charge in [0, 0.05) is 6.42 Å². The SMILES string of the molecule is COC(=O)CCB(O)O. The summed E-state index contributed by atoms with van der Waals surface area (Å²) in [5.41, 5.74) is 0. The molecule has 5 heteroatoms. The lowest BCUT2D eigenvalue weighted by molar-refractivity contribution is -0.140. The van der Waals surface area contributed by atoms with E-state index in [4.69, 9.17) is 10.0 Å². The number of esters is 1. The van der Waals surface area contributed by atoms with Crippen molar-refractivity contribution >= 4 is 13.1 Å². The maximum atomic E-state index is 10.3. The average Bonchev–Trinajstić information content (AvgIpc) is 1.83. The van der Waals surface area contributed by atoms with E-state index in [0.717, 1.165) is 0 Å². The molecular formula is C4H9BO4. The van der Waals surface area contributed by atoms with Crippen molar-refractivity contribution in [3.05, 3.63) is 0 Å². The highest BCUT2D eigenvalue weighted by Crippen LogP contribution is 1.93. The molecule has 0 spiro atoms. The normalized spacial score (nSPS) is 8.78. The summed E-state index contributed by atoms with van der Waals surface area (Å²) in [6, 6.07) is 0. The topological polar surface area (TPSA) is 66.8 Å². The Morgan fingerprint density at radius 1 is 1.67 bits per heavy atom. The lowest BCUT2D eigenvalue weighted by Gasteiger charge is -1.96. The smallest absolute Gasteiger partial charge is 0.451 e. The molecule has 0 aliphatic rings. The van der Waals surface area contributed by atoms with Crippen LogP contribution in [-0.4, -0.2) is 30.2 Å². The van der Waals surface area contributed by atoms with Gasteiger partial charge in [0.2, 0.25) is 0 Å². The predicted molar refractivity (Wildman–Crippen MR) is 31.6 cm³/mol. The van der Waals surface area contributed by atoms with Crippen LogP contribution in [0.1, 0.15) is 6.42 Å². The molecule has 4 nitrogen and oxygen atoms in total. The molecule has 0 aromatic rings. The Morgan fingerprint density at radius 3 is 2.56 bits per heavy atom. The monoisotopic (exact) mass is 132 g/mol. The van der Waals surface area contributed by atoms with Crippen LogP contribution in [0.2, 0.25) is 6.32 Å². The zero-order valence-electron chi connectivity index (χ0n) is 5.20. The molecule has 0 aliphatic heterocycles. The van der Waals surface area contributed by atoms with Crippen LogP contribution in [0.3, 0.4) is 0 Å². The van der Waals surface area contributed by atoms with Crippen molar-refractivity contribution in [3.63, 3.8) is 0 Å². The molecule has 0 heterocycles. The number of hydrogen-bond acceptors (Lipinski definition) is 4. The summed E-state index contributed by atoms with van der Waals surface area (Å²) in [5.74, 6) is -0.428. The molecule has 0 aromatic carbocycles. The first-order chi connectivity index (χ1) is 4.16. The first-order valence-electron chi connectivity index (χ1n) is 2.59. The van der Waals surface area contributed by atoms with Crippen molar-refractivity contribution in [1.82, 2.24) is 0 Å². The quantitative estimate of drug-likeness (QED) is 0.382. The molecule has 0 bridgehead atoms. The lowest BCUT2D eigenvalue weighted by atomic mass is 9.85. The Morgan fingerprint density at radius 2 is 2.22 bits per heavy atom. The largest absolute Gasteiger partial charge is 0.469 e. The molecule has 0 radical (unpaired) electrons. The zero-order chi connectivity index (χ0) is 7.28. The molecular weight excluding hydrogens is 123 g/mol. The maximum Gasteiger partial charge on any atom is 0.451 e. The van der Waals surface area contributed by atoms with Crippen LogP contribution in [0.4, 0.5) is 0 Å². The van der Waals surface area contributed by atoms with E-state index in [2.05, 4.69) is 4.74 Å². The third-order valence-corrected chi connectivity index (χ3v) is 0.834. The number of rotatable bonds is 3. The van der Waals surface area contributed by atoms with Gasteiger partial charge in [0.25, 0.3) is 0 Å². The van der Waals surface area contributed by atoms with Crippen molar-refractivity contribution in [3.8, 4) is 0 Å². The Hall–Kier alpha value is -0.545. The molecule has 0 amide bonds. The third-order valence-electron chi connectivity index (χ3n) is 0.834. The first kappa shape index (κ1) is 8.45. The van der Waals surface area contributed by atoms with E-state index in [-0.39, 0.29) is 12.7 Å². The van der Waals surface area contributed by atoms with E-state index < -0.39 is 13.1 Å². The van der Waals surface area contributed by atoms with Crippen molar-refractivity contribution in [2.45, 2.75) is 12.7 Å². The van der Waals surface area contributed by atoms with E-state index >= 15 is 0 Å². The van der Waals surface area contributed by atoms with Gasteiger partial charge in [0.05, 0.1) is 7.11 Å². The minimum Gasteiger partial charge on any atom is -0.469 e. The Bertz CT molecular complexity index is 92.6. The standard InChI is InChI=1S/C4H9BO4/c1-9-4(6)2-3-5(7)8/h7-8H,2-3H2,1H3. The summed E-state index contributed by atoms with van der Waals surface area (Å²) in [6.07, 6.45) is 0.0842. The first-order valence-corrected chi connectivity index (χ1v) is 2.59. The summed E-state index contributed by atoms with van der Waals surface area (Å²) >= 11 is 0. The molecule has 0 saturated carbocycles. The molecule has 0 saturated heterocycles. The molecule has 9 heavy (non-hydrogen) atoms. The number of hydrogen-bond donors (Lipinski definition) is 2. The van der Waals surface area contributed by atoms with Gasteiger partial charge in [0.15, 0.2) is 0 Å². The van der Waals surface area contributed by atoms with Crippen molar-refractivity contribution < 1.29 is 19.6 Å². The van der Waals surface area contributed by atoms with Gasteiger partial charge in [-0.2, -0.15) is 0 Å².